The van der Waals surface area contributed by atoms with Crippen LogP contribution in [0.1, 0.15) is 28.3 Å². The van der Waals surface area contributed by atoms with E-state index in [1.807, 2.05) is 0 Å². The first kappa shape index (κ1) is 10.1. The molecule has 0 aromatic carbocycles. The molecule has 0 saturated carbocycles. The van der Waals surface area contributed by atoms with Gasteiger partial charge in [0.2, 0.25) is 0 Å². The van der Waals surface area contributed by atoms with Gasteiger partial charge in [0, 0.05) is 18.3 Å². The van der Waals surface area contributed by atoms with E-state index >= 15 is 0 Å². The van der Waals surface area contributed by atoms with Crippen LogP contribution in [-0.2, 0) is 6.54 Å². The molecule has 1 heterocycles. The van der Waals surface area contributed by atoms with Crippen LogP contribution in [0.5, 0.6) is 0 Å². The number of carbonyl (C=O) groups is 1. The molecule has 0 aliphatic heterocycles. The van der Waals surface area contributed by atoms with Crippen molar-refractivity contribution >= 4 is 17.1 Å². The van der Waals surface area contributed by atoms with E-state index in [9.17, 15) is 4.79 Å². The lowest BCUT2D eigenvalue weighted by Crippen LogP contribution is -2.01. The predicted octanol–water partition coefficient (Wildman–Crippen LogP) is 1.75. The summed E-state index contributed by atoms with van der Waals surface area (Å²) in [5.74, 6) is 0.0656. The molecule has 0 amide bonds. The number of ketones is 1. The molecule has 3 nitrogen and oxygen atoms in total. The second kappa shape index (κ2) is 4.89. The van der Waals surface area contributed by atoms with E-state index in [-0.39, 0.29) is 5.78 Å². The number of thiazole rings is 1. The maximum Gasteiger partial charge on any atom is 0.182 e. The van der Waals surface area contributed by atoms with Crippen molar-refractivity contribution in [2.24, 2.45) is 5.73 Å². The Kier molecular flexibility index (Phi) is 3.79. The van der Waals surface area contributed by atoms with Crippen molar-refractivity contribution in [3.8, 4) is 0 Å². The average molecular weight is 196 g/mol. The minimum atomic E-state index is 0.0656. The minimum absolute atomic E-state index is 0.0656. The van der Waals surface area contributed by atoms with E-state index in [2.05, 4.69) is 11.6 Å². The summed E-state index contributed by atoms with van der Waals surface area (Å²) in [6, 6.07) is 0. The first-order valence-corrected chi connectivity index (χ1v) is 4.94. The smallest absolute Gasteiger partial charge is 0.182 e. The molecule has 0 aliphatic rings. The molecule has 13 heavy (non-hydrogen) atoms. The summed E-state index contributed by atoms with van der Waals surface area (Å²) in [5, 5.41) is 2.56. The Morgan fingerprint density at radius 2 is 2.54 bits per heavy atom. The third-order valence-electron chi connectivity index (χ3n) is 1.59. The van der Waals surface area contributed by atoms with Crippen LogP contribution in [0.25, 0.3) is 0 Å². The molecule has 2 N–H and O–H groups in total. The van der Waals surface area contributed by atoms with Gasteiger partial charge in [-0.3, -0.25) is 4.79 Å². The summed E-state index contributed by atoms with van der Waals surface area (Å²) in [7, 11) is 0. The zero-order valence-electron chi connectivity index (χ0n) is 7.32. The summed E-state index contributed by atoms with van der Waals surface area (Å²) in [4.78, 5) is 15.5. The maximum atomic E-state index is 11.4. The monoisotopic (exact) mass is 196 g/mol. The maximum absolute atomic E-state index is 11.4. The summed E-state index contributed by atoms with van der Waals surface area (Å²) in [6.45, 7) is 3.96. The fraction of sp³-hybridized carbons (Fsp3) is 0.333. The van der Waals surface area contributed by atoms with Crippen LogP contribution in [0, 0.1) is 0 Å². The van der Waals surface area contributed by atoms with E-state index < -0.39 is 0 Å². The fourth-order valence-corrected chi connectivity index (χ4v) is 1.57. The lowest BCUT2D eigenvalue weighted by Gasteiger charge is -1.91. The topological polar surface area (TPSA) is 56.0 Å². The Balaban J connectivity index is 2.60. The Hall–Kier alpha value is -1.00. The summed E-state index contributed by atoms with van der Waals surface area (Å²) in [6.07, 6.45) is 2.92. The molecular weight excluding hydrogens is 184 g/mol. The number of carbonyl (C=O) groups excluding carboxylic acids is 1. The van der Waals surface area contributed by atoms with Gasteiger partial charge < -0.3 is 5.73 Å². The molecule has 0 atom stereocenters. The number of aromatic nitrogens is 1. The van der Waals surface area contributed by atoms with E-state index in [1.165, 1.54) is 11.3 Å². The summed E-state index contributed by atoms with van der Waals surface area (Å²) in [5.41, 5.74) is 5.92. The van der Waals surface area contributed by atoms with Crippen LogP contribution in [0.2, 0.25) is 0 Å². The van der Waals surface area contributed by atoms with E-state index in [0.717, 1.165) is 5.01 Å². The van der Waals surface area contributed by atoms with Crippen molar-refractivity contribution in [3.05, 3.63) is 28.7 Å². The fourth-order valence-electron chi connectivity index (χ4n) is 0.894. The van der Waals surface area contributed by atoms with Gasteiger partial charge in [0.1, 0.15) is 10.7 Å². The Labute approximate surface area is 81.3 Å². The van der Waals surface area contributed by atoms with E-state index in [0.29, 0.717) is 25.1 Å². The van der Waals surface area contributed by atoms with Gasteiger partial charge in [-0.25, -0.2) is 4.98 Å². The molecule has 0 saturated heterocycles. The van der Waals surface area contributed by atoms with Crippen LogP contribution in [0.15, 0.2) is 18.0 Å². The zero-order chi connectivity index (χ0) is 9.68. The molecule has 0 fully saturated rings. The molecule has 1 rings (SSSR count). The molecule has 0 unspecified atom stereocenters. The highest BCUT2D eigenvalue weighted by Gasteiger charge is 2.08. The predicted molar refractivity (Wildman–Crippen MR) is 53.8 cm³/mol. The van der Waals surface area contributed by atoms with Gasteiger partial charge in [-0.15, -0.1) is 17.9 Å². The highest BCUT2D eigenvalue weighted by Crippen LogP contribution is 2.11. The molecular formula is C9H12N2OS. The number of allylic oxidation sites excluding steroid dienone is 1. The van der Waals surface area contributed by atoms with Crippen molar-refractivity contribution in [1.29, 1.82) is 0 Å². The number of rotatable bonds is 5. The standard InChI is InChI=1S/C9H12N2OS/c1-2-3-4-8(12)7-6-13-9(5-10)11-7/h2,6H,1,3-5,10H2. The minimum Gasteiger partial charge on any atom is -0.325 e. The Morgan fingerprint density at radius 1 is 1.77 bits per heavy atom. The van der Waals surface area contributed by atoms with Crippen molar-refractivity contribution in [2.75, 3.05) is 0 Å². The van der Waals surface area contributed by atoms with Gasteiger partial charge in [-0.05, 0) is 6.42 Å². The summed E-state index contributed by atoms with van der Waals surface area (Å²) < 4.78 is 0. The second-order valence-corrected chi connectivity index (χ2v) is 3.52. The van der Waals surface area contributed by atoms with Crippen molar-refractivity contribution in [3.63, 3.8) is 0 Å². The average Bonchev–Trinajstić information content (AvgIpc) is 2.62. The SMILES string of the molecule is C=CCCC(=O)c1csc(CN)n1. The molecule has 0 bridgehead atoms. The highest BCUT2D eigenvalue weighted by atomic mass is 32.1. The molecule has 70 valence electrons. The summed E-state index contributed by atoms with van der Waals surface area (Å²) >= 11 is 1.43. The van der Waals surface area contributed by atoms with Crippen molar-refractivity contribution < 1.29 is 4.79 Å². The molecule has 0 spiro atoms. The molecule has 0 aliphatic carbocycles. The van der Waals surface area contributed by atoms with Crippen LogP contribution in [0.3, 0.4) is 0 Å². The quantitative estimate of drug-likeness (QED) is 0.576. The third kappa shape index (κ3) is 2.75. The van der Waals surface area contributed by atoms with Crippen molar-refractivity contribution in [2.45, 2.75) is 19.4 Å². The number of hydrogen-bond donors (Lipinski definition) is 1. The number of nitrogens with two attached hydrogens (primary N) is 1. The Bertz CT molecular complexity index is 306. The lowest BCUT2D eigenvalue weighted by atomic mass is 10.2. The van der Waals surface area contributed by atoms with Crippen LogP contribution in [0.4, 0.5) is 0 Å². The van der Waals surface area contributed by atoms with Crippen LogP contribution < -0.4 is 5.73 Å². The highest BCUT2D eigenvalue weighted by molar-refractivity contribution is 7.09. The third-order valence-corrected chi connectivity index (χ3v) is 2.46. The van der Waals surface area contributed by atoms with Crippen molar-refractivity contribution in [1.82, 2.24) is 4.98 Å². The van der Waals surface area contributed by atoms with Gasteiger partial charge in [-0.2, -0.15) is 0 Å². The molecule has 1 aromatic rings. The number of nitrogens with zero attached hydrogens (tertiary/aromatic N) is 1. The van der Waals surface area contributed by atoms with E-state index in [4.69, 9.17) is 5.73 Å². The van der Waals surface area contributed by atoms with Crippen LogP contribution >= 0.6 is 11.3 Å². The Morgan fingerprint density at radius 3 is 3.08 bits per heavy atom. The van der Waals surface area contributed by atoms with Gasteiger partial charge >= 0.3 is 0 Å². The lowest BCUT2D eigenvalue weighted by molar-refractivity contribution is 0.0979. The van der Waals surface area contributed by atoms with E-state index in [1.54, 1.807) is 11.5 Å². The molecule has 1 aromatic heterocycles. The zero-order valence-corrected chi connectivity index (χ0v) is 8.14. The van der Waals surface area contributed by atoms with Gasteiger partial charge in [0.25, 0.3) is 0 Å². The second-order valence-electron chi connectivity index (χ2n) is 2.58. The first-order valence-electron chi connectivity index (χ1n) is 4.06. The molecule has 0 radical (unpaired) electrons. The number of Topliss-reactive ketones (excluding diaryl/α,β-unsaturated/α-hetero) is 1. The van der Waals surface area contributed by atoms with Gasteiger partial charge in [-0.1, -0.05) is 6.08 Å². The largest absolute Gasteiger partial charge is 0.325 e. The normalized spacial score (nSPS) is 9.92. The number of hydrogen-bond acceptors (Lipinski definition) is 4. The van der Waals surface area contributed by atoms with Crippen LogP contribution in [-0.4, -0.2) is 10.8 Å². The molecule has 4 heteroatoms. The first-order chi connectivity index (χ1) is 6.27. The van der Waals surface area contributed by atoms with Gasteiger partial charge in [0.15, 0.2) is 5.78 Å². The van der Waals surface area contributed by atoms with Gasteiger partial charge in [0.05, 0.1) is 0 Å².